The second-order valence-electron chi connectivity index (χ2n) is 3.45. The summed E-state index contributed by atoms with van der Waals surface area (Å²) in [4.78, 5) is 12.8. The standard InChI is InChI=1S/C9H13N5S/c1-6(2)11-8-13-9(15-3)12-7-4-10-5-14(7)8/h4-6H,1-3H3,(H,11,12,13). The predicted octanol–water partition coefficient (Wildman–Crippen LogP) is 1.67. The van der Waals surface area contributed by atoms with Gasteiger partial charge in [0, 0.05) is 6.04 Å². The van der Waals surface area contributed by atoms with E-state index in [1.165, 1.54) is 11.8 Å². The van der Waals surface area contributed by atoms with Crippen molar-refractivity contribution in [2.75, 3.05) is 11.6 Å². The Labute approximate surface area is 92.3 Å². The van der Waals surface area contributed by atoms with Gasteiger partial charge in [0.2, 0.25) is 5.95 Å². The van der Waals surface area contributed by atoms with Crippen LogP contribution >= 0.6 is 11.8 Å². The number of hydrogen-bond acceptors (Lipinski definition) is 5. The van der Waals surface area contributed by atoms with Crippen LogP contribution in [-0.2, 0) is 0 Å². The number of nitrogens with zero attached hydrogens (tertiary/aromatic N) is 4. The molecular weight excluding hydrogens is 210 g/mol. The molecule has 0 bridgehead atoms. The average molecular weight is 223 g/mol. The lowest BCUT2D eigenvalue weighted by Gasteiger charge is -2.11. The van der Waals surface area contributed by atoms with Crippen molar-refractivity contribution in [2.24, 2.45) is 0 Å². The van der Waals surface area contributed by atoms with Gasteiger partial charge in [0.1, 0.15) is 6.33 Å². The Morgan fingerprint density at radius 2 is 2.20 bits per heavy atom. The molecule has 0 aliphatic carbocycles. The van der Waals surface area contributed by atoms with Crippen molar-refractivity contribution in [1.82, 2.24) is 19.4 Å². The third-order valence-electron chi connectivity index (χ3n) is 1.86. The first kappa shape index (κ1) is 10.2. The highest BCUT2D eigenvalue weighted by molar-refractivity contribution is 7.98. The fraction of sp³-hybridized carbons (Fsp3) is 0.444. The molecule has 0 aliphatic rings. The number of thioether (sulfide) groups is 1. The van der Waals surface area contributed by atoms with Crippen LogP contribution < -0.4 is 5.32 Å². The zero-order valence-electron chi connectivity index (χ0n) is 8.93. The number of anilines is 1. The summed E-state index contributed by atoms with van der Waals surface area (Å²) in [6, 6.07) is 0.334. The quantitative estimate of drug-likeness (QED) is 0.802. The Morgan fingerprint density at radius 1 is 1.40 bits per heavy atom. The van der Waals surface area contributed by atoms with Gasteiger partial charge in [0.25, 0.3) is 0 Å². The van der Waals surface area contributed by atoms with Crippen LogP contribution in [-0.4, -0.2) is 31.7 Å². The molecule has 0 atom stereocenters. The lowest BCUT2D eigenvalue weighted by atomic mass is 10.4. The van der Waals surface area contributed by atoms with E-state index in [1.807, 2.05) is 10.7 Å². The number of imidazole rings is 1. The number of fused-ring (bicyclic) bond motifs is 1. The normalized spacial score (nSPS) is 11.2. The smallest absolute Gasteiger partial charge is 0.212 e. The van der Waals surface area contributed by atoms with Gasteiger partial charge in [-0.05, 0) is 20.1 Å². The highest BCUT2D eigenvalue weighted by Gasteiger charge is 2.07. The molecule has 2 aromatic rings. The van der Waals surface area contributed by atoms with Crippen molar-refractivity contribution in [3.63, 3.8) is 0 Å². The van der Waals surface area contributed by atoms with Crippen LogP contribution in [0.2, 0.25) is 0 Å². The molecule has 0 spiro atoms. The maximum Gasteiger partial charge on any atom is 0.212 e. The molecule has 0 unspecified atom stereocenters. The monoisotopic (exact) mass is 223 g/mol. The van der Waals surface area contributed by atoms with Crippen LogP contribution in [0, 0.1) is 0 Å². The minimum atomic E-state index is 0.334. The molecule has 5 nitrogen and oxygen atoms in total. The highest BCUT2D eigenvalue weighted by atomic mass is 32.2. The van der Waals surface area contributed by atoms with Gasteiger partial charge >= 0.3 is 0 Å². The molecule has 2 heterocycles. The topological polar surface area (TPSA) is 55.1 Å². The van der Waals surface area contributed by atoms with Crippen molar-refractivity contribution >= 4 is 23.4 Å². The van der Waals surface area contributed by atoms with E-state index in [9.17, 15) is 0 Å². The molecule has 1 N–H and O–H groups in total. The van der Waals surface area contributed by atoms with E-state index < -0.39 is 0 Å². The summed E-state index contributed by atoms with van der Waals surface area (Å²) in [7, 11) is 0. The van der Waals surface area contributed by atoms with Gasteiger partial charge in [-0.25, -0.2) is 9.97 Å². The third kappa shape index (κ3) is 2.04. The first-order valence-corrected chi connectivity index (χ1v) is 5.94. The summed E-state index contributed by atoms with van der Waals surface area (Å²) in [6.45, 7) is 4.15. The molecule has 0 saturated carbocycles. The fourth-order valence-electron chi connectivity index (χ4n) is 1.25. The zero-order valence-corrected chi connectivity index (χ0v) is 9.75. The highest BCUT2D eigenvalue weighted by Crippen LogP contribution is 2.15. The molecule has 0 aliphatic heterocycles. The molecular formula is C9H13N5S. The van der Waals surface area contributed by atoms with E-state index in [0.717, 1.165) is 16.8 Å². The van der Waals surface area contributed by atoms with Gasteiger partial charge in [0.15, 0.2) is 10.8 Å². The van der Waals surface area contributed by atoms with Crippen LogP contribution in [0.15, 0.2) is 17.7 Å². The second kappa shape index (κ2) is 4.06. The molecule has 2 aromatic heterocycles. The molecule has 0 amide bonds. The maximum atomic E-state index is 4.40. The van der Waals surface area contributed by atoms with Gasteiger partial charge in [-0.1, -0.05) is 11.8 Å². The minimum Gasteiger partial charge on any atom is -0.353 e. The van der Waals surface area contributed by atoms with E-state index in [1.54, 1.807) is 12.5 Å². The Balaban J connectivity index is 2.53. The Kier molecular flexibility index (Phi) is 2.77. The van der Waals surface area contributed by atoms with Crippen molar-refractivity contribution in [2.45, 2.75) is 25.0 Å². The first-order chi connectivity index (χ1) is 7.20. The van der Waals surface area contributed by atoms with Crippen molar-refractivity contribution in [1.29, 1.82) is 0 Å². The Morgan fingerprint density at radius 3 is 2.87 bits per heavy atom. The van der Waals surface area contributed by atoms with E-state index >= 15 is 0 Å². The van der Waals surface area contributed by atoms with E-state index in [4.69, 9.17) is 0 Å². The van der Waals surface area contributed by atoms with Gasteiger partial charge in [-0.3, -0.25) is 4.40 Å². The summed E-state index contributed by atoms with van der Waals surface area (Å²) in [5.41, 5.74) is 0.817. The average Bonchev–Trinajstić information content (AvgIpc) is 2.64. The van der Waals surface area contributed by atoms with Crippen LogP contribution in [0.1, 0.15) is 13.8 Å². The zero-order chi connectivity index (χ0) is 10.8. The van der Waals surface area contributed by atoms with E-state index in [2.05, 4.69) is 34.1 Å². The second-order valence-corrected chi connectivity index (χ2v) is 4.23. The summed E-state index contributed by atoms with van der Waals surface area (Å²) in [5.74, 6) is 0.789. The van der Waals surface area contributed by atoms with Crippen molar-refractivity contribution in [3.8, 4) is 0 Å². The Bertz CT molecular complexity index is 464. The molecule has 0 fully saturated rings. The summed E-state index contributed by atoms with van der Waals surface area (Å²) in [5, 5.41) is 4.02. The molecule has 0 saturated heterocycles. The van der Waals surface area contributed by atoms with E-state index in [-0.39, 0.29) is 0 Å². The lowest BCUT2D eigenvalue weighted by Crippen LogP contribution is -2.15. The molecule has 0 aromatic carbocycles. The first-order valence-electron chi connectivity index (χ1n) is 4.71. The van der Waals surface area contributed by atoms with Crippen LogP contribution in [0.5, 0.6) is 0 Å². The number of rotatable bonds is 3. The van der Waals surface area contributed by atoms with Gasteiger partial charge in [-0.2, -0.15) is 4.98 Å². The summed E-state index contributed by atoms with van der Waals surface area (Å²) in [6.07, 6.45) is 5.40. The van der Waals surface area contributed by atoms with Crippen LogP contribution in [0.25, 0.3) is 5.65 Å². The van der Waals surface area contributed by atoms with Gasteiger partial charge in [-0.15, -0.1) is 0 Å². The largest absolute Gasteiger partial charge is 0.353 e. The third-order valence-corrected chi connectivity index (χ3v) is 2.41. The minimum absolute atomic E-state index is 0.334. The summed E-state index contributed by atoms with van der Waals surface area (Å²) < 4.78 is 1.85. The number of aromatic nitrogens is 4. The molecule has 0 radical (unpaired) electrons. The maximum absolute atomic E-state index is 4.40. The van der Waals surface area contributed by atoms with Crippen LogP contribution in [0.3, 0.4) is 0 Å². The molecule has 6 heteroatoms. The molecule has 2 rings (SSSR count). The fourth-order valence-corrected chi connectivity index (χ4v) is 1.62. The van der Waals surface area contributed by atoms with Crippen LogP contribution in [0.4, 0.5) is 5.95 Å². The van der Waals surface area contributed by atoms with Gasteiger partial charge < -0.3 is 5.32 Å². The predicted molar refractivity (Wildman–Crippen MR) is 61.3 cm³/mol. The van der Waals surface area contributed by atoms with Crippen molar-refractivity contribution in [3.05, 3.63) is 12.5 Å². The number of nitrogens with one attached hydrogen (secondary N) is 1. The number of hydrogen-bond donors (Lipinski definition) is 1. The Hall–Kier alpha value is -1.30. The molecule has 15 heavy (non-hydrogen) atoms. The molecule has 80 valence electrons. The lowest BCUT2D eigenvalue weighted by molar-refractivity contribution is 0.830. The summed E-state index contributed by atoms with van der Waals surface area (Å²) >= 11 is 1.52. The van der Waals surface area contributed by atoms with Gasteiger partial charge in [0.05, 0.1) is 6.20 Å². The SMILES string of the molecule is CSc1nc(NC(C)C)n2cncc2n1. The van der Waals surface area contributed by atoms with E-state index in [0.29, 0.717) is 6.04 Å². The van der Waals surface area contributed by atoms with Crippen molar-refractivity contribution < 1.29 is 0 Å².